The molecule has 1 radical (unpaired) electrons. The van der Waals surface area contributed by atoms with Crippen LogP contribution in [0.5, 0.6) is 0 Å². The molecule has 0 saturated heterocycles. The largest absolute Gasteiger partial charge is 0.288 e. The molecular weight excluding hydrogens is 311 g/mol. The molecule has 1 aromatic carbocycles. The van der Waals surface area contributed by atoms with Crippen molar-refractivity contribution in [2.24, 2.45) is 0 Å². The Morgan fingerprint density at radius 1 is 1.06 bits per heavy atom. The summed E-state index contributed by atoms with van der Waals surface area (Å²) in [6.45, 7) is 0. The first-order valence-corrected chi connectivity index (χ1v) is 4.30. The zero-order valence-electron chi connectivity index (χ0n) is 8.43. The van der Waals surface area contributed by atoms with Crippen LogP contribution < -0.4 is 0 Å². The van der Waals surface area contributed by atoms with Gasteiger partial charge in [0.05, 0.1) is 6.08 Å². The van der Waals surface area contributed by atoms with Crippen molar-refractivity contribution in [2.45, 2.75) is 0 Å². The molecule has 0 amide bonds. The summed E-state index contributed by atoms with van der Waals surface area (Å²) in [6.07, 6.45) is 0.487. The zero-order chi connectivity index (χ0) is 12.0. The minimum Gasteiger partial charge on any atom is -0.288 e. The summed E-state index contributed by atoms with van der Waals surface area (Å²) in [4.78, 5) is 43.2. The van der Waals surface area contributed by atoms with E-state index in [1.807, 2.05) is 0 Å². The van der Waals surface area contributed by atoms with Crippen LogP contribution >= 0.6 is 0 Å². The Kier molecular flexibility index (Phi) is 6.54. The minimum atomic E-state index is -0.987. The average Bonchev–Trinajstić information content (AvgIpc) is 2.31. The Balaban J connectivity index is 0.00000256. The summed E-state index contributed by atoms with van der Waals surface area (Å²) in [5.41, 5.74) is -0.511. The Morgan fingerprint density at radius 3 is 2.12 bits per heavy atom. The van der Waals surface area contributed by atoms with E-state index in [4.69, 9.17) is 0 Å². The molecule has 17 heavy (non-hydrogen) atoms. The quantitative estimate of drug-likeness (QED) is 0.203. The van der Waals surface area contributed by atoms with Gasteiger partial charge < -0.3 is 0 Å². The first-order valence-electron chi connectivity index (χ1n) is 4.30. The third-order valence-corrected chi connectivity index (χ3v) is 1.80. The molecule has 0 aliphatic carbocycles. The van der Waals surface area contributed by atoms with Crippen molar-refractivity contribution < 1.29 is 38.7 Å². The van der Waals surface area contributed by atoms with E-state index in [0.717, 1.165) is 0 Å². The molecule has 0 fully saturated rings. The molecular formula is C12H6O4Rh. The Morgan fingerprint density at radius 2 is 1.65 bits per heavy atom. The van der Waals surface area contributed by atoms with E-state index in [1.54, 1.807) is 18.2 Å². The van der Waals surface area contributed by atoms with Gasteiger partial charge in [-0.15, -0.1) is 0 Å². The second-order valence-electron chi connectivity index (χ2n) is 2.80. The third-order valence-electron chi connectivity index (χ3n) is 1.80. The molecule has 0 aliphatic heterocycles. The molecule has 0 spiro atoms. The maximum atomic E-state index is 11.6. The van der Waals surface area contributed by atoms with Gasteiger partial charge >= 0.3 is 0 Å². The van der Waals surface area contributed by atoms with E-state index >= 15 is 0 Å². The smallest absolute Gasteiger partial charge is 0.211 e. The number of allylic oxidation sites excluding steroid dienone is 2. The normalized spacial score (nSPS) is 8.00. The molecule has 0 saturated carbocycles. The average molecular weight is 317 g/mol. The molecule has 0 heterocycles. The van der Waals surface area contributed by atoms with E-state index in [-0.39, 0.29) is 25.0 Å². The molecule has 1 rings (SSSR count). The first kappa shape index (κ1) is 15.1. The number of ketones is 2. The van der Waals surface area contributed by atoms with Crippen molar-refractivity contribution >= 4 is 23.4 Å². The summed E-state index contributed by atoms with van der Waals surface area (Å²) in [5.74, 6) is 0.710. The molecule has 0 atom stereocenters. The standard InChI is InChI=1S/C12H6O4.Rh/c13-7-6-11(15)10(8-14)12(16)9-4-2-1-3-5-9;/h1-6H;. The number of benzene rings is 1. The molecule has 87 valence electrons. The summed E-state index contributed by atoms with van der Waals surface area (Å²) in [5, 5.41) is 0. The van der Waals surface area contributed by atoms with Crippen LogP contribution in [0.1, 0.15) is 10.4 Å². The fourth-order valence-corrected chi connectivity index (χ4v) is 1.07. The molecule has 1 aromatic rings. The monoisotopic (exact) mass is 317 g/mol. The van der Waals surface area contributed by atoms with Crippen LogP contribution in [0.25, 0.3) is 0 Å². The van der Waals surface area contributed by atoms with Crippen LogP contribution in [-0.4, -0.2) is 23.4 Å². The summed E-state index contributed by atoms with van der Waals surface area (Å²) >= 11 is 0. The van der Waals surface area contributed by atoms with Gasteiger partial charge in [0.15, 0.2) is 5.57 Å². The SMILES string of the molecule is O=C=CC(=O)C(=C=O)C(=O)c1ccccc1.[Rh]. The van der Waals surface area contributed by atoms with Gasteiger partial charge in [-0.3, -0.25) is 9.59 Å². The van der Waals surface area contributed by atoms with Gasteiger partial charge in [-0.05, 0) is 0 Å². The van der Waals surface area contributed by atoms with Crippen LogP contribution in [0.2, 0.25) is 0 Å². The molecule has 0 aliphatic rings. The Hall–Kier alpha value is -1.92. The van der Waals surface area contributed by atoms with Crippen LogP contribution in [0.15, 0.2) is 42.0 Å². The molecule has 0 aromatic heterocycles. The van der Waals surface area contributed by atoms with E-state index in [0.29, 0.717) is 6.08 Å². The second-order valence-corrected chi connectivity index (χ2v) is 2.80. The van der Waals surface area contributed by atoms with E-state index in [9.17, 15) is 19.2 Å². The van der Waals surface area contributed by atoms with Gasteiger partial charge in [-0.2, -0.15) is 0 Å². The second kappa shape index (κ2) is 7.37. The molecule has 0 unspecified atom stereocenters. The van der Waals surface area contributed by atoms with E-state index < -0.39 is 17.1 Å². The number of hydrogen-bond donors (Lipinski definition) is 0. The molecule has 0 bridgehead atoms. The van der Waals surface area contributed by atoms with Crippen molar-refractivity contribution in [2.75, 3.05) is 0 Å². The number of hydrogen-bond acceptors (Lipinski definition) is 4. The maximum Gasteiger partial charge on any atom is 0.211 e. The Bertz CT molecular complexity index is 521. The third kappa shape index (κ3) is 3.86. The van der Waals surface area contributed by atoms with Gasteiger partial charge in [-0.25, -0.2) is 9.59 Å². The van der Waals surface area contributed by atoms with Crippen LogP contribution in [0.3, 0.4) is 0 Å². The summed E-state index contributed by atoms with van der Waals surface area (Å²) in [6, 6.07) is 7.79. The number of carbonyl (C=O) groups is 2. The van der Waals surface area contributed by atoms with Crippen molar-refractivity contribution in [1.29, 1.82) is 0 Å². The maximum absolute atomic E-state index is 11.6. The van der Waals surface area contributed by atoms with Crippen molar-refractivity contribution in [3.05, 3.63) is 47.5 Å². The number of Topliss-reactive ketones (excluding diaryl/α,β-unsaturated/α-hetero) is 1. The predicted molar refractivity (Wildman–Crippen MR) is 55.2 cm³/mol. The molecule has 5 heteroatoms. The molecule has 4 nitrogen and oxygen atoms in total. The number of rotatable bonds is 4. The predicted octanol–water partition coefficient (Wildman–Crippen LogP) is 0.582. The number of carbonyl (C=O) groups excluding carboxylic acids is 4. The van der Waals surface area contributed by atoms with Crippen molar-refractivity contribution in [1.82, 2.24) is 0 Å². The van der Waals surface area contributed by atoms with E-state index in [1.165, 1.54) is 24.0 Å². The van der Waals surface area contributed by atoms with Crippen molar-refractivity contribution in [3.63, 3.8) is 0 Å². The summed E-state index contributed by atoms with van der Waals surface area (Å²) in [7, 11) is 0. The Labute approximate surface area is 110 Å². The van der Waals surface area contributed by atoms with Crippen molar-refractivity contribution in [3.8, 4) is 0 Å². The van der Waals surface area contributed by atoms with Gasteiger partial charge in [0.25, 0.3) is 0 Å². The van der Waals surface area contributed by atoms with Crippen LogP contribution in [0, 0.1) is 0 Å². The first-order chi connectivity index (χ1) is 7.70. The van der Waals surface area contributed by atoms with Gasteiger partial charge in [0, 0.05) is 25.0 Å². The van der Waals surface area contributed by atoms with E-state index in [2.05, 4.69) is 0 Å². The summed E-state index contributed by atoms with van der Waals surface area (Å²) < 4.78 is 0. The fraction of sp³-hybridized carbons (Fsp3) is 0. The van der Waals surface area contributed by atoms with Crippen LogP contribution in [0.4, 0.5) is 0 Å². The fourth-order valence-electron chi connectivity index (χ4n) is 1.07. The topological polar surface area (TPSA) is 68.3 Å². The van der Waals surface area contributed by atoms with Crippen LogP contribution in [-0.2, 0) is 33.9 Å². The zero-order valence-corrected chi connectivity index (χ0v) is 10.1. The molecule has 0 N–H and O–H groups in total. The van der Waals surface area contributed by atoms with Gasteiger partial charge in [-0.1, -0.05) is 30.3 Å². The van der Waals surface area contributed by atoms with Gasteiger partial charge in [0.2, 0.25) is 11.6 Å². The van der Waals surface area contributed by atoms with Gasteiger partial charge in [0.1, 0.15) is 11.9 Å². The minimum absolute atomic E-state index is 0.